The molecule has 0 spiro atoms. The number of nitrogens with one attached hydrogen (secondary N) is 3. The molecule has 8 heteroatoms. The van der Waals surface area contributed by atoms with Crippen molar-refractivity contribution in [2.75, 3.05) is 5.32 Å². The Kier molecular flexibility index (Phi) is 3.44. The number of aromatic nitrogens is 3. The fourth-order valence-corrected chi connectivity index (χ4v) is 1.00. The van der Waals surface area contributed by atoms with Crippen LogP contribution in [-0.2, 0) is 4.79 Å². The standard InChI is InChI=1S/C8H12N4O4/c1-3(7(14)15)4(2)9-5-6(13)10-8(16)12-11-5/h3-4H,1-2H3,(H,9,11)(H,14,15)(H2,10,12,13,16). The second-order valence-electron chi connectivity index (χ2n) is 3.42. The Bertz CT molecular complexity index is 491. The average Bonchev–Trinajstić information content (AvgIpc) is 2.20. The summed E-state index contributed by atoms with van der Waals surface area (Å²) in [6, 6.07) is -0.489. The second kappa shape index (κ2) is 4.60. The molecule has 8 nitrogen and oxygen atoms in total. The van der Waals surface area contributed by atoms with Crippen molar-refractivity contribution in [3.63, 3.8) is 0 Å². The predicted molar refractivity (Wildman–Crippen MR) is 55.4 cm³/mol. The number of carboxylic acid groups (broad SMARTS) is 1. The van der Waals surface area contributed by atoms with Crippen molar-refractivity contribution in [3.05, 3.63) is 20.8 Å². The molecule has 2 unspecified atom stereocenters. The Morgan fingerprint density at radius 3 is 2.56 bits per heavy atom. The number of carboxylic acids is 1. The van der Waals surface area contributed by atoms with Gasteiger partial charge in [-0.1, -0.05) is 0 Å². The van der Waals surface area contributed by atoms with Crippen molar-refractivity contribution in [2.45, 2.75) is 19.9 Å². The molecule has 0 aliphatic carbocycles. The lowest BCUT2D eigenvalue weighted by atomic mass is 10.0. The van der Waals surface area contributed by atoms with Gasteiger partial charge in [0.1, 0.15) is 0 Å². The van der Waals surface area contributed by atoms with Crippen LogP contribution in [0.4, 0.5) is 5.82 Å². The van der Waals surface area contributed by atoms with Crippen molar-refractivity contribution in [1.82, 2.24) is 15.2 Å². The molecule has 0 fully saturated rings. The van der Waals surface area contributed by atoms with Crippen LogP contribution < -0.4 is 16.6 Å². The zero-order valence-corrected chi connectivity index (χ0v) is 8.77. The van der Waals surface area contributed by atoms with E-state index in [9.17, 15) is 14.4 Å². The summed E-state index contributed by atoms with van der Waals surface area (Å²) in [4.78, 5) is 34.5. The van der Waals surface area contributed by atoms with E-state index < -0.39 is 29.2 Å². The minimum absolute atomic E-state index is 0.111. The van der Waals surface area contributed by atoms with E-state index in [0.29, 0.717) is 0 Å². The third-order valence-electron chi connectivity index (χ3n) is 2.22. The molecule has 0 saturated heterocycles. The van der Waals surface area contributed by atoms with Gasteiger partial charge in [0.05, 0.1) is 5.92 Å². The van der Waals surface area contributed by atoms with E-state index in [4.69, 9.17) is 5.11 Å². The van der Waals surface area contributed by atoms with Gasteiger partial charge in [0.25, 0.3) is 5.56 Å². The van der Waals surface area contributed by atoms with Gasteiger partial charge in [-0.15, -0.1) is 5.10 Å². The smallest absolute Gasteiger partial charge is 0.342 e. The van der Waals surface area contributed by atoms with Crippen LogP contribution in [0.15, 0.2) is 9.59 Å². The molecule has 0 saturated carbocycles. The molecule has 1 rings (SSSR count). The number of H-pyrrole nitrogens is 2. The Morgan fingerprint density at radius 2 is 2.06 bits per heavy atom. The summed E-state index contributed by atoms with van der Waals surface area (Å²) in [5.74, 6) is -1.78. The van der Waals surface area contributed by atoms with Gasteiger partial charge in [0.2, 0.25) is 5.82 Å². The van der Waals surface area contributed by atoms with E-state index in [0.717, 1.165) is 0 Å². The van der Waals surface area contributed by atoms with E-state index >= 15 is 0 Å². The first-order valence-electron chi connectivity index (χ1n) is 4.60. The van der Waals surface area contributed by atoms with Gasteiger partial charge < -0.3 is 10.4 Å². The maximum absolute atomic E-state index is 11.2. The highest BCUT2D eigenvalue weighted by Crippen LogP contribution is 2.06. The summed E-state index contributed by atoms with van der Waals surface area (Å²) < 4.78 is 0. The highest BCUT2D eigenvalue weighted by atomic mass is 16.4. The lowest BCUT2D eigenvalue weighted by molar-refractivity contribution is -0.141. The van der Waals surface area contributed by atoms with E-state index in [-0.39, 0.29) is 5.82 Å². The summed E-state index contributed by atoms with van der Waals surface area (Å²) in [5, 5.41) is 16.9. The summed E-state index contributed by atoms with van der Waals surface area (Å²) in [6.07, 6.45) is 0. The minimum Gasteiger partial charge on any atom is -0.481 e. The van der Waals surface area contributed by atoms with E-state index in [1.54, 1.807) is 6.92 Å². The minimum atomic E-state index is -0.985. The second-order valence-corrected chi connectivity index (χ2v) is 3.42. The Hall–Kier alpha value is -2.12. The van der Waals surface area contributed by atoms with E-state index in [1.807, 2.05) is 10.1 Å². The Balaban J connectivity index is 2.85. The molecule has 88 valence electrons. The van der Waals surface area contributed by atoms with Crippen LogP contribution in [-0.4, -0.2) is 32.3 Å². The molecule has 0 aliphatic heterocycles. The summed E-state index contributed by atoms with van der Waals surface area (Å²) in [7, 11) is 0. The average molecular weight is 228 g/mol. The van der Waals surface area contributed by atoms with Gasteiger partial charge in [-0.05, 0) is 13.8 Å². The highest BCUT2D eigenvalue weighted by Gasteiger charge is 2.20. The number of aromatic amines is 2. The molecular formula is C8H12N4O4. The van der Waals surface area contributed by atoms with Crippen LogP contribution in [0.5, 0.6) is 0 Å². The quantitative estimate of drug-likeness (QED) is 0.522. The first-order valence-corrected chi connectivity index (χ1v) is 4.60. The van der Waals surface area contributed by atoms with Gasteiger partial charge in [-0.25, -0.2) is 9.89 Å². The summed E-state index contributed by atoms with van der Waals surface area (Å²) in [6.45, 7) is 3.10. The molecule has 2 atom stereocenters. The molecule has 0 aliphatic rings. The largest absolute Gasteiger partial charge is 0.481 e. The van der Waals surface area contributed by atoms with Crippen LogP contribution in [0.3, 0.4) is 0 Å². The molecule has 0 radical (unpaired) electrons. The van der Waals surface area contributed by atoms with E-state index in [1.165, 1.54) is 6.92 Å². The van der Waals surface area contributed by atoms with E-state index in [2.05, 4.69) is 10.4 Å². The fraction of sp³-hybridized carbons (Fsp3) is 0.500. The molecular weight excluding hydrogens is 216 g/mol. The molecule has 0 aromatic carbocycles. The SMILES string of the molecule is CC(Nc1n[nH]c(=O)[nH]c1=O)C(C)C(=O)O. The zero-order valence-electron chi connectivity index (χ0n) is 8.77. The fourth-order valence-electron chi connectivity index (χ4n) is 1.00. The van der Waals surface area contributed by atoms with Crippen LogP contribution >= 0.6 is 0 Å². The van der Waals surface area contributed by atoms with Crippen LogP contribution in [0.1, 0.15) is 13.8 Å². The number of rotatable bonds is 4. The lowest BCUT2D eigenvalue weighted by Crippen LogP contribution is -2.34. The van der Waals surface area contributed by atoms with Crippen molar-refractivity contribution >= 4 is 11.8 Å². The number of hydrogen-bond acceptors (Lipinski definition) is 5. The maximum Gasteiger partial charge on any atom is 0.342 e. The zero-order chi connectivity index (χ0) is 12.3. The predicted octanol–water partition coefficient (Wildman–Crippen LogP) is -1.02. The third kappa shape index (κ3) is 2.69. The third-order valence-corrected chi connectivity index (χ3v) is 2.22. The van der Waals surface area contributed by atoms with Gasteiger partial charge >= 0.3 is 11.7 Å². The van der Waals surface area contributed by atoms with Crippen molar-refractivity contribution in [1.29, 1.82) is 0 Å². The molecule has 16 heavy (non-hydrogen) atoms. The van der Waals surface area contributed by atoms with Crippen LogP contribution in [0, 0.1) is 5.92 Å². The number of anilines is 1. The first-order chi connectivity index (χ1) is 7.41. The maximum atomic E-state index is 11.2. The highest BCUT2D eigenvalue weighted by molar-refractivity contribution is 5.70. The first kappa shape index (κ1) is 12.0. The molecule has 1 aromatic heterocycles. The van der Waals surface area contributed by atoms with Gasteiger partial charge in [-0.2, -0.15) is 0 Å². The van der Waals surface area contributed by atoms with Crippen LogP contribution in [0.25, 0.3) is 0 Å². The van der Waals surface area contributed by atoms with Crippen molar-refractivity contribution < 1.29 is 9.90 Å². The monoisotopic (exact) mass is 228 g/mol. The number of aliphatic carboxylic acids is 1. The molecule has 0 amide bonds. The van der Waals surface area contributed by atoms with Crippen LogP contribution in [0.2, 0.25) is 0 Å². The van der Waals surface area contributed by atoms with Gasteiger partial charge in [0, 0.05) is 6.04 Å². The normalized spacial score (nSPS) is 14.1. The summed E-state index contributed by atoms with van der Waals surface area (Å²) in [5.41, 5.74) is -1.40. The topological polar surface area (TPSA) is 128 Å². The Morgan fingerprint density at radius 1 is 1.44 bits per heavy atom. The molecule has 1 aromatic rings. The summed E-state index contributed by atoms with van der Waals surface area (Å²) >= 11 is 0. The molecule has 0 bridgehead atoms. The Labute approximate surface area is 89.7 Å². The molecule has 1 heterocycles. The number of carbonyl (C=O) groups is 1. The van der Waals surface area contributed by atoms with Gasteiger partial charge in [-0.3, -0.25) is 14.6 Å². The van der Waals surface area contributed by atoms with Gasteiger partial charge in [0.15, 0.2) is 0 Å². The lowest BCUT2D eigenvalue weighted by Gasteiger charge is -2.16. The molecule has 4 N–H and O–H groups in total. The number of nitrogens with zero attached hydrogens (tertiary/aromatic N) is 1. The van der Waals surface area contributed by atoms with Crippen molar-refractivity contribution in [2.24, 2.45) is 5.92 Å². The number of hydrogen-bond donors (Lipinski definition) is 4. The van der Waals surface area contributed by atoms with Crippen molar-refractivity contribution in [3.8, 4) is 0 Å².